The number of nitrogens with zero attached hydrogens (tertiary/aromatic N) is 1. The van der Waals surface area contributed by atoms with E-state index in [1.165, 1.54) is 26.5 Å². The largest absolute Gasteiger partial charge is 0.468 e. The summed E-state index contributed by atoms with van der Waals surface area (Å²) in [7, 11) is 3.67. The van der Waals surface area contributed by atoms with Gasteiger partial charge in [-0.2, -0.15) is 0 Å². The highest BCUT2D eigenvalue weighted by atomic mass is 16.5. The molecule has 0 aromatic heterocycles. The van der Waals surface area contributed by atoms with Crippen LogP contribution >= 0.6 is 0 Å². The van der Waals surface area contributed by atoms with Gasteiger partial charge in [0, 0.05) is 6.04 Å². The maximum Gasteiger partial charge on any atom is 0.326 e. The average Bonchev–Trinajstić information content (AvgIpc) is 2.67. The molecule has 0 radical (unpaired) electrons. The maximum atomic E-state index is 11.7. The summed E-state index contributed by atoms with van der Waals surface area (Å²) in [6, 6.07) is 0.692. The highest BCUT2D eigenvalue weighted by Crippen LogP contribution is 2.33. The van der Waals surface area contributed by atoms with E-state index in [0.29, 0.717) is 6.04 Å². The summed E-state index contributed by atoms with van der Waals surface area (Å²) in [5, 5.41) is 3.43. The lowest BCUT2D eigenvalue weighted by molar-refractivity contribution is -0.152. The van der Waals surface area contributed by atoms with Crippen molar-refractivity contribution in [3.05, 3.63) is 0 Å². The second kappa shape index (κ2) is 5.36. The summed E-state index contributed by atoms with van der Waals surface area (Å²) in [6.45, 7) is 2.14. The number of ether oxygens (including phenoxy) is 1. The van der Waals surface area contributed by atoms with Crippen molar-refractivity contribution in [2.45, 2.75) is 50.1 Å². The Morgan fingerprint density at radius 2 is 2.24 bits per heavy atom. The third kappa shape index (κ3) is 2.63. The van der Waals surface area contributed by atoms with E-state index in [4.69, 9.17) is 4.74 Å². The van der Waals surface area contributed by atoms with Gasteiger partial charge < -0.3 is 15.0 Å². The van der Waals surface area contributed by atoms with Crippen molar-refractivity contribution in [1.82, 2.24) is 10.2 Å². The van der Waals surface area contributed by atoms with Crippen LogP contribution in [0, 0.1) is 0 Å². The van der Waals surface area contributed by atoms with Crippen molar-refractivity contribution < 1.29 is 9.53 Å². The Morgan fingerprint density at radius 3 is 2.71 bits per heavy atom. The van der Waals surface area contributed by atoms with Gasteiger partial charge in [-0.15, -0.1) is 0 Å². The Labute approximate surface area is 104 Å². The number of hydrogen-bond acceptors (Lipinski definition) is 4. The molecular weight excluding hydrogens is 216 g/mol. The number of nitrogens with one attached hydrogen (secondary N) is 1. The van der Waals surface area contributed by atoms with Gasteiger partial charge >= 0.3 is 5.97 Å². The summed E-state index contributed by atoms with van der Waals surface area (Å²) in [4.78, 5) is 14.1. The van der Waals surface area contributed by atoms with Crippen LogP contribution in [0.3, 0.4) is 0 Å². The molecule has 98 valence electrons. The number of esters is 1. The van der Waals surface area contributed by atoms with Crippen molar-refractivity contribution in [3.8, 4) is 0 Å². The van der Waals surface area contributed by atoms with Crippen LogP contribution in [0.2, 0.25) is 0 Å². The van der Waals surface area contributed by atoms with Crippen LogP contribution in [0.4, 0.5) is 0 Å². The van der Waals surface area contributed by atoms with Crippen LogP contribution in [-0.4, -0.2) is 49.7 Å². The highest BCUT2D eigenvalue weighted by molar-refractivity contribution is 5.81. The molecule has 0 bridgehead atoms. The highest BCUT2D eigenvalue weighted by Gasteiger charge is 2.44. The Kier molecular flexibility index (Phi) is 4.05. The zero-order chi connectivity index (χ0) is 12.3. The summed E-state index contributed by atoms with van der Waals surface area (Å²) in [6.07, 6.45) is 6.73. The number of rotatable bonds is 5. The van der Waals surface area contributed by atoms with Gasteiger partial charge in [0.25, 0.3) is 0 Å². The summed E-state index contributed by atoms with van der Waals surface area (Å²) >= 11 is 0. The van der Waals surface area contributed by atoms with E-state index in [-0.39, 0.29) is 11.5 Å². The number of likely N-dealkylation sites (tertiary alicyclic amines) is 1. The van der Waals surface area contributed by atoms with Gasteiger partial charge in [-0.05, 0) is 58.7 Å². The Morgan fingerprint density at radius 1 is 1.47 bits per heavy atom. The Balaban J connectivity index is 1.75. The van der Waals surface area contributed by atoms with Crippen molar-refractivity contribution in [2.75, 3.05) is 27.2 Å². The molecule has 2 aliphatic rings. The molecule has 1 unspecified atom stereocenters. The maximum absolute atomic E-state index is 11.7. The molecule has 2 fully saturated rings. The van der Waals surface area contributed by atoms with Gasteiger partial charge in [0.15, 0.2) is 0 Å². The molecule has 1 aliphatic carbocycles. The summed E-state index contributed by atoms with van der Waals surface area (Å²) in [5.74, 6) is -0.0801. The first-order valence-corrected chi connectivity index (χ1v) is 6.72. The van der Waals surface area contributed by atoms with Gasteiger partial charge in [-0.3, -0.25) is 4.79 Å². The Hall–Kier alpha value is -0.610. The molecule has 2 rings (SSSR count). The Bertz CT molecular complexity index is 277. The monoisotopic (exact) mass is 240 g/mol. The SMILES string of the molecule is COC(=O)C1(NCCC2CCCN2C)CCC1. The van der Waals surface area contributed by atoms with Gasteiger partial charge in [0.05, 0.1) is 7.11 Å². The first kappa shape index (κ1) is 12.8. The van der Waals surface area contributed by atoms with Crippen LogP contribution in [0.15, 0.2) is 0 Å². The molecule has 0 aromatic carbocycles. The molecule has 1 heterocycles. The molecular formula is C13H24N2O2. The van der Waals surface area contributed by atoms with Crippen LogP contribution < -0.4 is 5.32 Å². The van der Waals surface area contributed by atoms with Crippen LogP contribution in [0.25, 0.3) is 0 Å². The normalized spacial score (nSPS) is 27.8. The molecule has 17 heavy (non-hydrogen) atoms. The standard InChI is InChI=1S/C13H24N2O2/c1-15-10-3-5-11(15)6-9-14-13(7-4-8-13)12(16)17-2/h11,14H,3-10H2,1-2H3. The zero-order valence-electron chi connectivity index (χ0n) is 11.0. The average molecular weight is 240 g/mol. The molecule has 1 atom stereocenters. The lowest BCUT2D eigenvalue weighted by Crippen LogP contribution is -2.58. The summed E-state index contributed by atoms with van der Waals surface area (Å²) in [5.41, 5.74) is -0.355. The van der Waals surface area contributed by atoms with E-state index in [0.717, 1.165) is 32.2 Å². The molecule has 1 saturated carbocycles. The molecule has 0 amide bonds. The smallest absolute Gasteiger partial charge is 0.326 e. The molecule has 0 spiro atoms. The van der Waals surface area contributed by atoms with E-state index in [1.54, 1.807) is 0 Å². The third-order valence-corrected chi connectivity index (χ3v) is 4.40. The second-order valence-corrected chi connectivity index (χ2v) is 5.42. The number of hydrogen-bond donors (Lipinski definition) is 1. The van der Waals surface area contributed by atoms with Gasteiger partial charge in [-0.1, -0.05) is 0 Å². The fraction of sp³-hybridized carbons (Fsp3) is 0.923. The lowest BCUT2D eigenvalue weighted by atomic mass is 9.76. The fourth-order valence-electron chi connectivity index (χ4n) is 3.00. The first-order valence-electron chi connectivity index (χ1n) is 6.72. The van der Waals surface area contributed by atoms with Crippen molar-refractivity contribution >= 4 is 5.97 Å². The quantitative estimate of drug-likeness (QED) is 0.732. The van der Waals surface area contributed by atoms with E-state index in [1.807, 2.05) is 0 Å². The zero-order valence-corrected chi connectivity index (χ0v) is 11.0. The predicted molar refractivity (Wildman–Crippen MR) is 66.9 cm³/mol. The van der Waals surface area contributed by atoms with E-state index < -0.39 is 0 Å². The lowest BCUT2D eigenvalue weighted by Gasteiger charge is -2.40. The van der Waals surface area contributed by atoms with Crippen molar-refractivity contribution in [1.29, 1.82) is 0 Å². The number of carbonyl (C=O) groups is 1. The van der Waals surface area contributed by atoms with Gasteiger partial charge in [-0.25, -0.2) is 0 Å². The molecule has 1 aliphatic heterocycles. The minimum absolute atomic E-state index is 0.0801. The number of methoxy groups -OCH3 is 1. The molecule has 4 heteroatoms. The van der Waals surface area contributed by atoms with Gasteiger partial charge in [0.1, 0.15) is 5.54 Å². The topological polar surface area (TPSA) is 41.6 Å². The van der Waals surface area contributed by atoms with E-state index >= 15 is 0 Å². The van der Waals surface area contributed by atoms with Crippen LogP contribution in [0.5, 0.6) is 0 Å². The predicted octanol–water partition coefficient (Wildman–Crippen LogP) is 1.16. The molecule has 4 nitrogen and oxygen atoms in total. The van der Waals surface area contributed by atoms with E-state index in [2.05, 4.69) is 17.3 Å². The summed E-state index contributed by atoms with van der Waals surface area (Å²) < 4.78 is 4.89. The van der Waals surface area contributed by atoms with Gasteiger partial charge in [0.2, 0.25) is 0 Å². The van der Waals surface area contributed by atoms with Crippen molar-refractivity contribution in [2.24, 2.45) is 0 Å². The second-order valence-electron chi connectivity index (χ2n) is 5.42. The minimum Gasteiger partial charge on any atom is -0.468 e. The fourth-order valence-corrected chi connectivity index (χ4v) is 3.00. The molecule has 0 aromatic rings. The van der Waals surface area contributed by atoms with Crippen LogP contribution in [0.1, 0.15) is 38.5 Å². The number of carbonyl (C=O) groups excluding carboxylic acids is 1. The third-order valence-electron chi connectivity index (χ3n) is 4.40. The first-order chi connectivity index (χ1) is 8.18. The molecule has 1 N–H and O–H groups in total. The van der Waals surface area contributed by atoms with Crippen molar-refractivity contribution in [3.63, 3.8) is 0 Å². The van der Waals surface area contributed by atoms with E-state index in [9.17, 15) is 4.79 Å². The molecule has 1 saturated heterocycles. The van der Waals surface area contributed by atoms with Crippen LogP contribution in [-0.2, 0) is 9.53 Å². The minimum atomic E-state index is -0.355.